The van der Waals surface area contributed by atoms with Crippen LogP contribution in [-0.4, -0.2) is 0 Å². The molecule has 1 aliphatic carbocycles. The van der Waals surface area contributed by atoms with Gasteiger partial charge in [-0.15, -0.1) is 0 Å². The average molecular weight is 190 g/mol. The van der Waals surface area contributed by atoms with Gasteiger partial charge in [0, 0.05) is 0 Å². The van der Waals surface area contributed by atoms with E-state index in [1.807, 2.05) is 0 Å². The van der Waals surface area contributed by atoms with Gasteiger partial charge in [-0.1, -0.05) is 38.7 Å². The molecular weight excluding hydrogens is 168 g/mol. The summed E-state index contributed by atoms with van der Waals surface area (Å²) in [6, 6.07) is 0. The van der Waals surface area contributed by atoms with Crippen molar-refractivity contribution in [1.29, 1.82) is 0 Å². The summed E-state index contributed by atoms with van der Waals surface area (Å²) in [6.07, 6.45) is 11.5. The van der Waals surface area contributed by atoms with Gasteiger partial charge < -0.3 is 0 Å². The Morgan fingerprint density at radius 2 is 2.00 bits per heavy atom. The molecule has 0 N–H and O–H groups in total. The van der Waals surface area contributed by atoms with Crippen molar-refractivity contribution in [1.82, 2.24) is 0 Å². The Kier molecular flexibility index (Phi) is 3.74. The van der Waals surface area contributed by atoms with Crippen molar-refractivity contribution in [3.8, 4) is 0 Å². The molecule has 0 aromatic heterocycles. The summed E-state index contributed by atoms with van der Waals surface area (Å²) in [4.78, 5) is 0. The van der Waals surface area contributed by atoms with Crippen molar-refractivity contribution < 1.29 is 0 Å². The molecule has 0 radical (unpaired) electrons. The SMILES string of the molecule is C=C/C(=C(\C=C/C)CC)C1(CC)CC1. The quantitative estimate of drug-likeness (QED) is 0.554. The zero-order valence-corrected chi connectivity index (χ0v) is 9.77. The summed E-state index contributed by atoms with van der Waals surface area (Å²) < 4.78 is 0. The molecule has 0 aliphatic heterocycles. The van der Waals surface area contributed by atoms with Gasteiger partial charge in [0.2, 0.25) is 0 Å². The molecule has 0 spiro atoms. The maximum Gasteiger partial charge on any atom is -0.00464 e. The van der Waals surface area contributed by atoms with Crippen LogP contribution < -0.4 is 0 Å². The Hall–Kier alpha value is -0.780. The topological polar surface area (TPSA) is 0 Å². The Morgan fingerprint density at radius 3 is 2.29 bits per heavy atom. The molecule has 0 aromatic carbocycles. The van der Waals surface area contributed by atoms with Gasteiger partial charge in [-0.25, -0.2) is 0 Å². The Morgan fingerprint density at radius 1 is 1.36 bits per heavy atom. The first-order valence-corrected chi connectivity index (χ1v) is 5.72. The predicted molar refractivity (Wildman–Crippen MR) is 64.3 cm³/mol. The number of hydrogen-bond acceptors (Lipinski definition) is 0. The Bertz CT molecular complexity index is 262. The Balaban J connectivity index is 3.03. The lowest BCUT2D eigenvalue weighted by atomic mass is 9.87. The van der Waals surface area contributed by atoms with Crippen LogP contribution in [0.3, 0.4) is 0 Å². The fraction of sp³-hybridized carbons (Fsp3) is 0.571. The molecule has 0 unspecified atom stereocenters. The average Bonchev–Trinajstić information content (AvgIpc) is 2.99. The van der Waals surface area contributed by atoms with Crippen molar-refractivity contribution >= 4 is 0 Å². The Labute approximate surface area is 88.4 Å². The van der Waals surface area contributed by atoms with Gasteiger partial charge in [0.15, 0.2) is 0 Å². The van der Waals surface area contributed by atoms with E-state index in [2.05, 4.69) is 45.6 Å². The monoisotopic (exact) mass is 190 g/mol. The van der Waals surface area contributed by atoms with Crippen LogP contribution in [-0.2, 0) is 0 Å². The predicted octanol–water partition coefficient (Wildman–Crippen LogP) is 4.65. The van der Waals surface area contributed by atoms with Gasteiger partial charge >= 0.3 is 0 Å². The second-order valence-corrected chi connectivity index (χ2v) is 4.13. The van der Waals surface area contributed by atoms with E-state index in [0.29, 0.717) is 5.41 Å². The molecule has 1 saturated carbocycles. The molecule has 0 heterocycles. The van der Waals surface area contributed by atoms with Crippen LogP contribution in [0.5, 0.6) is 0 Å². The summed E-state index contributed by atoms with van der Waals surface area (Å²) in [5.41, 5.74) is 3.47. The highest BCUT2D eigenvalue weighted by molar-refractivity contribution is 5.40. The number of rotatable bonds is 5. The minimum Gasteiger partial charge on any atom is -0.0988 e. The smallest absolute Gasteiger partial charge is 0.00464 e. The van der Waals surface area contributed by atoms with Crippen molar-refractivity contribution in [2.24, 2.45) is 5.41 Å². The van der Waals surface area contributed by atoms with Crippen LogP contribution in [0, 0.1) is 5.41 Å². The molecule has 0 heteroatoms. The molecule has 0 atom stereocenters. The van der Waals surface area contributed by atoms with Crippen LogP contribution in [0.4, 0.5) is 0 Å². The number of hydrogen-bond donors (Lipinski definition) is 0. The van der Waals surface area contributed by atoms with E-state index in [-0.39, 0.29) is 0 Å². The zero-order valence-electron chi connectivity index (χ0n) is 9.77. The maximum absolute atomic E-state index is 3.97. The van der Waals surface area contributed by atoms with Gasteiger partial charge in [0.25, 0.3) is 0 Å². The van der Waals surface area contributed by atoms with E-state index in [1.165, 1.54) is 30.4 Å². The van der Waals surface area contributed by atoms with Gasteiger partial charge in [0.1, 0.15) is 0 Å². The van der Waals surface area contributed by atoms with E-state index < -0.39 is 0 Å². The molecule has 0 saturated heterocycles. The molecule has 0 amide bonds. The first kappa shape index (κ1) is 11.3. The van der Waals surface area contributed by atoms with Crippen molar-refractivity contribution in [2.75, 3.05) is 0 Å². The lowest BCUT2D eigenvalue weighted by Crippen LogP contribution is -2.03. The van der Waals surface area contributed by atoms with Gasteiger partial charge in [0.05, 0.1) is 0 Å². The van der Waals surface area contributed by atoms with E-state index in [4.69, 9.17) is 0 Å². The second kappa shape index (κ2) is 4.63. The van der Waals surface area contributed by atoms with Crippen molar-refractivity contribution in [3.63, 3.8) is 0 Å². The van der Waals surface area contributed by atoms with E-state index in [0.717, 1.165) is 6.42 Å². The lowest BCUT2D eigenvalue weighted by Gasteiger charge is -2.17. The third kappa shape index (κ3) is 2.00. The lowest BCUT2D eigenvalue weighted by molar-refractivity contribution is 0.591. The summed E-state index contributed by atoms with van der Waals surface area (Å²) in [6.45, 7) is 10.6. The molecule has 0 bridgehead atoms. The minimum atomic E-state index is 0.493. The third-order valence-electron chi connectivity index (χ3n) is 3.40. The second-order valence-electron chi connectivity index (χ2n) is 4.13. The molecule has 1 fully saturated rings. The highest BCUT2D eigenvalue weighted by atomic mass is 14.5. The summed E-state index contributed by atoms with van der Waals surface area (Å²) in [7, 11) is 0. The molecule has 14 heavy (non-hydrogen) atoms. The maximum atomic E-state index is 3.97. The molecule has 1 rings (SSSR count). The fourth-order valence-electron chi connectivity index (χ4n) is 2.25. The van der Waals surface area contributed by atoms with Crippen LogP contribution in [0.15, 0.2) is 36.0 Å². The molecule has 0 aromatic rings. The standard InChI is InChI=1S/C14H22/c1-5-9-12(6-2)13(7-3)14(8-4)10-11-14/h5,7,9H,3,6,8,10-11H2,1-2,4H3/b9-5-,13-12+. The van der Waals surface area contributed by atoms with Gasteiger partial charge in [-0.3, -0.25) is 0 Å². The first-order valence-electron chi connectivity index (χ1n) is 5.72. The van der Waals surface area contributed by atoms with Gasteiger partial charge in [-0.05, 0) is 49.2 Å². The normalized spacial score (nSPS) is 20.8. The van der Waals surface area contributed by atoms with Crippen LogP contribution in [0.25, 0.3) is 0 Å². The molecule has 0 nitrogen and oxygen atoms in total. The minimum absolute atomic E-state index is 0.493. The number of allylic oxidation sites excluding steroid dienone is 5. The van der Waals surface area contributed by atoms with E-state index in [1.54, 1.807) is 0 Å². The summed E-state index contributed by atoms with van der Waals surface area (Å²) >= 11 is 0. The molecular formula is C14H22. The highest BCUT2D eigenvalue weighted by Gasteiger charge is 2.43. The highest BCUT2D eigenvalue weighted by Crippen LogP contribution is 2.56. The van der Waals surface area contributed by atoms with Gasteiger partial charge in [-0.2, -0.15) is 0 Å². The van der Waals surface area contributed by atoms with E-state index in [9.17, 15) is 0 Å². The van der Waals surface area contributed by atoms with Crippen molar-refractivity contribution in [3.05, 3.63) is 36.0 Å². The van der Waals surface area contributed by atoms with E-state index >= 15 is 0 Å². The zero-order chi connectivity index (χ0) is 10.6. The molecule has 78 valence electrons. The fourth-order valence-corrected chi connectivity index (χ4v) is 2.25. The first-order chi connectivity index (χ1) is 6.74. The largest absolute Gasteiger partial charge is 0.0988 e. The third-order valence-corrected chi connectivity index (χ3v) is 3.40. The summed E-state index contributed by atoms with van der Waals surface area (Å²) in [5.74, 6) is 0. The van der Waals surface area contributed by atoms with Crippen LogP contribution in [0.2, 0.25) is 0 Å². The summed E-state index contributed by atoms with van der Waals surface area (Å²) in [5, 5.41) is 0. The van der Waals surface area contributed by atoms with Crippen molar-refractivity contribution in [2.45, 2.75) is 46.5 Å². The van der Waals surface area contributed by atoms with Crippen LogP contribution in [0.1, 0.15) is 46.5 Å². The van der Waals surface area contributed by atoms with Crippen LogP contribution >= 0.6 is 0 Å². The molecule has 1 aliphatic rings.